The maximum atomic E-state index is 5.39. The Labute approximate surface area is 117 Å². The van der Waals surface area contributed by atoms with Crippen molar-refractivity contribution in [3.63, 3.8) is 0 Å². The zero-order chi connectivity index (χ0) is 13.1. The van der Waals surface area contributed by atoms with Crippen LogP contribution in [-0.4, -0.2) is 23.2 Å². The number of hydrogen-bond donors (Lipinski definition) is 1. The molecule has 2 heterocycles. The minimum atomic E-state index is 0.364. The van der Waals surface area contributed by atoms with Crippen LogP contribution in [0, 0.1) is 5.92 Å². The molecule has 1 fully saturated rings. The summed E-state index contributed by atoms with van der Waals surface area (Å²) in [5, 5.41) is 7.43. The Balaban J connectivity index is 1.62. The molecule has 2 unspecified atom stereocenters. The van der Waals surface area contributed by atoms with E-state index in [9.17, 15) is 0 Å². The molecule has 1 aliphatic rings. The van der Waals surface area contributed by atoms with Gasteiger partial charge in [0.1, 0.15) is 0 Å². The highest BCUT2D eigenvalue weighted by Crippen LogP contribution is 2.27. The summed E-state index contributed by atoms with van der Waals surface area (Å²) in [6, 6.07) is 10.3. The van der Waals surface area contributed by atoms with Gasteiger partial charge in [-0.05, 0) is 24.6 Å². The molecule has 2 atom stereocenters. The van der Waals surface area contributed by atoms with Crippen LogP contribution >= 0.6 is 11.8 Å². The second-order valence-corrected chi connectivity index (χ2v) is 5.94. The average Bonchev–Trinajstić information content (AvgIpc) is 3.06. The summed E-state index contributed by atoms with van der Waals surface area (Å²) in [4.78, 5) is 5.75. The lowest BCUT2D eigenvalue weighted by Crippen LogP contribution is -2.08. The van der Waals surface area contributed by atoms with E-state index in [4.69, 9.17) is 4.52 Å². The van der Waals surface area contributed by atoms with E-state index in [0.717, 1.165) is 30.6 Å². The van der Waals surface area contributed by atoms with Gasteiger partial charge in [-0.2, -0.15) is 4.98 Å². The molecule has 1 aromatic carbocycles. The van der Waals surface area contributed by atoms with E-state index in [-0.39, 0.29) is 0 Å². The smallest absolute Gasteiger partial charge is 0.231 e. The minimum absolute atomic E-state index is 0.364. The van der Waals surface area contributed by atoms with Crippen molar-refractivity contribution in [3.8, 4) is 0 Å². The fourth-order valence-corrected chi connectivity index (χ4v) is 3.04. The lowest BCUT2D eigenvalue weighted by atomic mass is 9.98. The van der Waals surface area contributed by atoms with Gasteiger partial charge in [0.05, 0.1) is 11.7 Å². The summed E-state index contributed by atoms with van der Waals surface area (Å²) in [7, 11) is 0. The molecule has 0 radical (unpaired) electrons. The van der Waals surface area contributed by atoms with Crippen LogP contribution in [0.25, 0.3) is 0 Å². The molecule has 19 heavy (non-hydrogen) atoms. The topological polar surface area (TPSA) is 51.0 Å². The maximum Gasteiger partial charge on any atom is 0.231 e. The normalized spacial score (nSPS) is 22.8. The number of hydrogen-bond acceptors (Lipinski definition) is 5. The van der Waals surface area contributed by atoms with E-state index in [1.165, 1.54) is 4.90 Å². The lowest BCUT2D eigenvalue weighted by molar-refractivity contribution is 0.337. The van der Waals surface area contributed by atoms with E-state index in [2.05, 4.69) is 34.5 Å². The van der Waals surface area contributed by atoms with Gasteiger partial charge in [0.15, 0.2) is 5.82 Å². The number of rotatable bonds is 4. The maximum absolute atomic E-state index is 5.39. The molecule has 1 aromatic heterocycles. The average molecular weight is 275 g/mol. The largest absolute Gasteiger partial charge is 0.339 e. The second-order valence-electron chi connectivity index (χ2n) is 4.89. The predicted molar refractivity (Wildman–Crippen MR) is 75.1 cm³/mol. The Morgan fingerprint density at radius 3 is 2.89 bits per heavy atom. The molecule has 0 spiro atoms. The summed E-state index contributed by atoms with van der Waals surface area (Å²) in [5.41, 5.74) is 0. The highest BCUT2D eigenvalue weighted by atomic mass is 32.2. The summed E-state index contributed by atoms with van der Waals surface area (Å²) in [5.74, 6) is 3.24. The van der Waals surface area contributed by atoms with Gasteiger partial charge in [-0.25, -0.2) is 0 Å². The van der Waals surface area contributed by atoms with E-state index >= 15 is 0 Å². The first-order chi connectivity index (χ1) is 9.33. The molecular weight excluding hydrogens is 258 g/mol. The monoisotopic (exact) mass is 275 g/mol. The quantitative estimate of drug-likeness (QED) is 0.869. The van der Waals surface area contributed by atoms with E-state index in [1.54, 1.807) is 11.8 Å². The number of nitrogens with zero attached hydrogens (tertiary/aromatic N) is 2. The summed E-state index contributed by atoms with van der Waals surface area (Å²) in [6.07, 6.45) is 0. The molecule has 3 rings (SSSR count). The van der Waals surface area contributed by atoms with Crippen molar-refractivity contribution in [2.45, 2.75) is 23.5 Å². The van der Waals surface area contributed by atoms with Crippen LogP contribution in [0.2, 0.25) is 0 Å². The fraction of sp³-hybridized carbons (Fsp3) is 0.429. The van der Waals surface area contributed by atoms with Crippen molar-refractivity contribution in [2.24, 2.45) is 5.92 Å². The standard InChI is InChI=1S/C14H17N3OS/c1-10-7-15-8-12(10)14-16-13(17-18-14)9-19-11-5-3-2-4-6-11/h2-6,10,12,15H,7-9H2,1H3. The third kappa shape index (κ3) is 2.98. The third-order valence-corrected chi connectivity index (χ3v) is 4.44. The Hall–Kier alpha value is -1.33. The number of aromatic nitrogens is 2. The molecule has 0 aliphatic carbocycles. The van der Waals surface area contributed by atoms with Crippen LogP contribution in [0.3, 0.4) is 0 Å². The zero-order valence-corrected chi connectivity index (χ0v) is 11.7. The summed E-state index contributed by atoms with van der Waals surface area (Å²) in [6.45, 7) is 4.18. The van der Waals surface area contributed by atoms with Gasteiger partial charge in [-0.15, -0.1) is 11.8 Å². The van der Waals surface area contributed by atoms with Gasteiger partial charge in [-0.3, -0.25) is 0 Å². The van der Waals surface area contributed by atoms with Crippen LogP contribution in [0.4, 0.5) is 0 Å². The van der Waals surface area contributed by atoms with Crippen LogP contribution in [0.5, 0.6) is 0 Å². The number of thioether (sulfide) groups is 1. The van der Waals surface area contributed by atoms with Crippen LogP contribution in [0.15, 0.2) is 39.8 Å². The van der Waals surface area contributed by atoms with E-state index in [0.29, 0.717) is 11.8 Å². The van der Waals surface area contributed by atoms with E-state index in [1.807, 2.05) is 18.2 Å². The molecule has 1 saturated heterocycles. The number of nitrogens with one attached hydrogen (secondary N) is 1. The van der Waals surface area contributed by atoms with Gasteiger partial charge in [0.2, 0.25) is 5.89 Å². The van der Waals surface area contributed by atoms with Crippen molar-refractivity contribution < 1.29 is 4.52 Å². The van der Waals surface area contributed by atoms with Crippen LogP contribution in [-0.2, 0) is 5.75 Å². The van der Waals surface area contributed by atoms with Crippen molar-refractivity contribution in [1.82, 2.24) is 15.5 Å². The minimum Gasteiger partial charge on any atom is -0.339 e. The highest BCUT2D eigenvalue weighted by molar-refractivity contribution is 7.98. The second kappa shape index (κ2) is 5.75. The molecule has 4 nitrogen and oxygen atoms in total. The molecule has 1 aliphatic heterocycles. The van der Waals surface area contributed by atoms with Gasteiger partial charge >= 0.3 is 0 Å². The molecule has 5 heteroatoms. The first-order valence-electron chi connectivity index (χ1n) is 6.54. The zero-order valence-electron chi connectivity index (χ0n) is 10.9. The molecule has 0 saturated carbocycles. The molecular formula is C14H17N3OS. The number of benzene rings is 1. The van der Waals surface area contributed by atoms with Crippen molar-refractivity contribution >= 4 is 11.8 Å². The lowest BCUT2D eigenvalue weighted by Gasteiger charge is -2.07. The molecule has 2 aromatic rings. The van der Waals surface area contributed by atoms with Gasteiger partial charge < -0.3 is 9.84 Å². The van der Waals surface area contributed by atoms with Crippen molar-refractivity contribution in [1.29, 1.82) is 0 Å². The Morgan fingerprint density at radius 2 is 2.16 bits per heavy atom. The SMILES string of the molecule is CC1CNCC1c1nc(CSc2ccccc2)no1. The van der Waals surface area contributed by atoms with Crippen LogP contribution in [0.1, 0.15) is 24.6 Å². The van der Waals surface area contributed by atoms with Gasteiger partial charge in [-0.1, -0.05) is 30.3 Å². The van der Waals surface area contributed by atoms with E-state index < -0.39 is 0 Å². The van der Waals surface area contributed by atoms with Gasteiger partial charge in [0, 0.05) is 11.4 Å². The molecule has 0 amide bonds. The Bertz CT molecular complexity index is 528. The first kappa shape index (κ1) is 12.7. The molecule has 1 N–H and O–H groups in total. The Morgan fingerprint density at radius 1 is 1.32 bits per heavy atom. The Kier molecular flexibility index (Phi) is 3.84. The molecule has 0 bridgehead atoms. The van der Waals surface area contributed by atoms with Crippen molar-refractivity contribution in [2.75, 3.05) is 13.1 Å². The van der Waals surface area contributed by atoms with Crippen LogP contribution < -0.4 is 5.32 Å². The third-order valence-electron chi connectivity index (χ3n) is 3.43. The summed E-state index contributed by atoms with van der Waals surface area (Å²) < 4.78 is 5.39. The highest BCUT2D eigenvalue weighted by Gasteiger charge is 2.29. The summed E-state index contributed by atoms with van der Waals surface area (Å²) >= 11 is 1.73. The fourth-order valence-electron chi connectivity index (χ4n) is 2.28. The van der Waals surface area contributed by atoms with Crippen molar-refractivity contribution in [3.05, 3.63) is 42.0 Å². The molecule has 100 valence electrons. The van der Waals surface area contributed by atoms with Gasteiger partial charge in [0.25, 0.3) is 0 Å². The predicted octanol–water partition coefficient (Wildman–Crippen LogP) is 2.68. The first-order valence-corrected chi connectivity index (χ1v) is 7.52.